The summed E-state index contributed by atoms with van der Waals surface area (Å²) in [5.74, 6) is 0. The molecule has 0 aliphatic rings. The van der Waals surface area contributed by atoms with Gasteiger partial charge in [-0.1, -0.05) is 92.6 Å². The van der Waals surface area contributed by atoms with E-state index in [-0.39, 0.29) is 0 Å². The minimum Gasteiger partial charge on any atom is -0.116 e. The summed E-state index contributed by atoms with van der Waals surface area (Å²) < 4.78 is 0. The molecule has 0 fully saturated rings. The smallest absolute Gasteiger partial charge is 0.0312 e. The quantitative estimate of drug-likeness (QED) is 0.339. The molecule has 3 rings (SSSR count). The van der Waals surface area contributed by atoms with Gasteiger partial charge in [-0.3, -0.25) is 0 Å². The lowest BCUT2D eigenvalue weighted by Gasteiger charge is -2.09. The molecule has 0 saturated carbocycles. The van der Waals surface area contributed by atoms with Crippen LogP contribution in [-0.2, 0) is 0 Å². The first kappa shape index (κ1) is 16.3. The predicted molar refractivity (Wildman–Crippen MR) is 105 cm³/mol. The fourth-order valence-electron chi connectivity index (χ4n) is 3.04. The Labute approximate surface area is 145 Å². The normalized spacial score (nSPS) is 10.4. The van der Waals surface area contributed by atoms with Gasteiger partial charge in [-0.2, -0.15) is 0 Å². The molecule has 0 amide bonds. The van der Waals surface area contributed by atoms with Crippen molar-refractivity contribution in [2.75, 3.05) is 0 Å². The molecule has 0 aromatic heterocycles. The van der Waals surface area contributed by atoms with Crippen LogP contribution < -0.4 is 0 Å². The lowest BCUT2D eigenvalue weighted by atomic mass is 9.93. The van der Waals surface area contributed by atoms with Crippen LogP contribution in [0.4, 0.5) is 0 Å². The van der Waals surface area contributed by atoms with Crippen LogP contribution in [0.5, 0.6) is 0 Å². The summed E-state index contributed by atoms with van der Waals surface area (Å²) in [5.41, 5.74) is 7.26. The Kier molecular flexibility index (Phi) is 5.66. The van der Waals surface area contributed by atoms with Gasteiger partial charge in [0.1, 0.15) is 0 Å². The van der Waals surface area contributed by atoms with E-state index in [9.17, 15) is 0 Å². The van der Waals surface area contributed by atoms with Gasteiger partial charge in [0.15, 0.2) is 0 Å². The van der Waals surface area contributed by atoms with Crippen LogP contribution in [0.3, 0.4) is 0 Å². The maximum Gasteiger partial charge on any atom is 0.0312 e. The van der Waals surface area contributed by atoms with Crippen LogP contribution in [0.2, 0.25) is 0 Å². The molecule has 120 valence electrons. The first-order chi connectivity index (χ1) is 11.9. The van der Waals surface area contributed by atoms with Gasteiger partial charge in [0, 0.05) is 5.57 Å². The number of rotatable bonds is 6. The minimum absolute atomic E-state index is 1.09. The number of allylic oxidation sites excluding steroid dienone is 1. The number of fused-ring (bicyclic) bond motifs is 1. The van der Waals surface area contributed by atoms with Crippen molar-refractivity contribution in [1.29, 1.82) is 0 Å². The third-order valence-corrected chi connectivity index (χ3v) is 4.32. The first-order valence-corrected chi connectivity index (χ1v) is 8.89. The zero-order chi connectivity index (χ0) is 16.6. The summed E-state index contributed by atoms with van der Waals surface area (Å²) in [6.45, 7) is 2.24. The van der Waals surface area contributed by atoms with Crippen LogP contribution in [0.25, 0.3) is 16.3 Å². The number of hydrogen-bond acceptors (Lipinski definition) is 0. The van der Waals surface area contributed by atoms with E-state index < -0.39 is 0 Å². The lowest BCUT2D eigenvalue weighted by Crippen LogP contribution is -1.88. The summed E-state index contributed by atoms with van der Waals surface area (Å²) in [7, 11) is 0. The van der Waals surface area contributed by atoms with E-state index in [0.717, 1.165) is 6.42 Å². The van der Waals surface area contributed by atoms with Crippen molar-refractivity contribution in [3.05, 3.63) is 95.7 Å². The molecule has 3 aromatic rings. The number of benzene rings is 3. The van der Waals surface area contributed by atoms with Crippen molar-refractivity contribution in [2.24, 2.45) is 0 Å². The summed E-state index contributed by atoms with van der Waals surface area (Å²) >= 11 is 0. The van der Waals surface area contributed by atoms with Crippen molar-refractivity contribution in [2.45, 2.75) is 32.6 Å². The van der Waals surface area contributed by atoms with Gasteiger partial charge in [-0.15, -0.1) is 5.73 Å². The van der Waals surface area contributed by atoms with Gasteiger partial charge in [0.2, 0.25) is 0 Å². The molecule has 0 heteroatoms. The van der Waals surface area contributed by atoms with Gasteiger partial charge >= 0.3 is 0 Å². The average Bonchev–Trinajstić information content (AvgIpc) is 2.65. The molecular weight excluding hydrogens is 288 g/mol. The largest absolute Gasteiger partial charge is 0.116 e. The average molecular weight is 312 g/mol. The summed E-state index contributed by atoms with van der Waals surface area (Å²) in [6, 6.07) is 25.7. The number of hydrogen-bond donors (Lipinski definition) is 0. The highest BCUT2D eigenvalue weighted by atomic mass is 14.1. The van der Waals surface area contributed by atoms with E-state index >= 15 is 0 Å². The molecule has 0 radical (unpaired) electrons. The fourth-order valence-corrected chi connectivity index (χ4v) is 3.04. The van der Waals surface area contributed by atoms with Crippen molar-refractivity contribution in [3.63, 3.8) is 0 Å². The molecule has 0 saturated heterocycles. The molecule has 0 N–H and O–H groups in total. The van der Waals surface area contributed by atoms with E-state index in [4.69, 9.17) is 0 Å². The highest BCUT2D eigenvalue weighted by Crippen LogP contribution is 2.29. The Bertz CT molecular complexity index is 844. The van der Waals surface area contributed by atoms with Gasteiger partial charge in [0.05, 0.1) is 0 Å². The molecule has 0 heterocycles. The van der Waals surface area contributed by atoms with E-state index in [2.05, 4.69) is 91.5 Å². The lowest BCUT2D eigenvalue weighted by molar-refractivity contribution is 0.729. The molecule has 0 atom stereocenters. The maximum absolute atomic E-state index is 3.60. The molecule has 3 aromatic carbocycles. The second kappa shape index (κ2) is 8.34. The molecular formula is C24H24. The van der Waals surface area contributed by atoms with Crippen LogP contribution in [-0.4, -0.2) is 0 Å². The van der Waals surface area contributed by atoms with Gasteiger partial charge in [-0.25, -0.2) is 0 Å². The van der Waals surface area contributed by atoms with Crippen molar-refractivity contribution < 1.29 is 0 Å². The molecule has 0 nitrogen and oxygen atoms in total. The first-order valence-electron chi connectivity index (χ1n) is 8.89. The fraction of sp³-hybridized carbons (Fsp3) is 0.208. The third kappa shape index (κ3) is 3.85. The van der Waals surface area contributed by atoms with Crippen molar-refractivity contribution in [3.8, 4) is 0 Å². The standard InChI is InChI=1S/C24H24/c1-2-3-4-5-9-17-22(20-13-7-6-8-14-20)24-19-12-16-21-15-10-11-18-23(21)24/h6-16,18-19H,2-5H2,1H3. The highest BCUT2D eigenvalue weighted by molar-refractivity contribution is 5.97. The molecule has 0 aliphatic carbocycles. The molecule has 0 spiro atoms. The zero-order valence-electron chi connectivity index (χ0n) is 14.3. The van der Waals surface area contributed by atoms with Crippen LogP contribution >= 0.6 is 0 Å². The minimum atomic E-state index is 1.09. The Hall–Kier alpha value is -2.56. The van der Waals surface area contributed by atoms with Gasteiger partial charge in [0.25, 0.3) is 0 Å². The third-order valence-electron chi connectivity index (χ3n) is 4.32. The topological polar surface area (TPSA) is 0 Å². The van der Waals surface area contributed by atoms with Gasteiger partial charge < -0.3 is 0 Å². The summed E-state index contributed by atoms with van der Waals surface area (Å²) in [6.07, 6.45) is 7.08. The van der Waals surface area contributed by atoms with E-state index in [0.29, 0.717) is 0 Å². The Morgan fingerprint density at radius 3 is 2.42 bits per heavy atom. The second-order valence-corrected chi connectivity index (χ2v) is 6.11. The maximum atomic E-state index is 3.60. The molecule has 24 heavy (non-hydrogen) atoms. The molecule has 0 bridgehead atoms. The van der Waals surface area contributed by atoms with E-state index in [1.165, 1.54) is 46.7 Å². The Morgan fingerprint density at radius 2 is 1.58 bits per heavy atom. The van der Waals surface area contributed by atoms with E-state index in [1.807, 2.05) is 0 Å². The van der Waals surface area contributed by atoms with Gasteiger partial charge in [-0.05, 0) is 40.8 Å². The SMILES string of the molecule is CCCCCC=C=C(c1ccccc1)c1cccc2ccccc12. The predicted octanol–water partition coefficient (Wildman–Crippen LogP) is 7.01. The van der Waals surface area contributed by atoms with Crippen LogP contribution in [0, 0.1) is 0 Å². The van der Waals surface area contributed by atoms with Crippen LogP contribution in [0.1, 0.15) is 43.7 Å². The molecule has 0 aliphatic heterocycles. The zero-order valence-corrected chi connectivity index (χ0v) is 14.3. The Balaban J connectivity index is 2.09. The monoisotopic (exact) mass is 312 g/mol. The second-order valence-electron chi connectivity index (χ2n) is 6.11. The summed E-state index contributed by atoms with van der Waals surface area (Å²) in [4.78, 5) is 0. The van der Waals surface area contributed by atoms with Crippen LogP contribution in [0.15, 0.2) is 84.6 Å². The van der Waals surface area contributed by atoms with Crippen molar-refractivity contribution in [1.82, 2.24) is 0 Å². The molecule has 0 unspecified atom stereocenters. The highest BCUT2D eigenvalue weighted by Gasteiger charge is 2.07. The van der Waals surface area contributed by atoms with Crippen molar-refractivity contribution >= 4 is 16.3 Å². The summed E-state index contributed by atoms with van der Waals surface area (Å²) in [5, 5.41) is 2.56. The number of unbranched alkanes of at least 4 members (excludes halogenated alkanes) is 3. The Morgan fingerprint density at radius 1 is 0.833 bits per heavy atom. The van der Waals surface area contributed by atoms with E-state index in [1.54, 1.807) is 0 Å².